The van der Waals surface area contributed by atoms with Crippen molar-refractivity contribution in [2.75, 3.05) is 18.5 Å². The molecule has 4 rings (SSSR count). The Bertz CT molecular complexity index is 1210. The Hall–Kier alpha value is -4.11. The van der Waals surface area contributed by atoms with Gasteiger partial charge in [0.1, 0.15) is 12.4 Å². The van der Waals surface area contributed by atoms with E-state index in [0.29, 0.717) is 12.0 Å². The molecule has 0 unspecified atom stereocenters. The molecule has 1 amide bonds. The van der Waals surface area contributed by atoms with Crippen LogP contribution in [-0.4, -0.2) is 63.1 Å². The van der Waals surface area contributed by atoms with E-state index >= 15 is 4.39 Å². The van der Waals surface area contributed by atoms with Crippen molar-refractivity contribution in [3.05, 3.63) is 60.0 Å². The standard InChI is InChI=1S/C22H21FN6O5/c1-3-14-17(34-22(31)32-10-9-24-2)15(23)21(33-14)29-12-27-16-18(25-11-26-19(16)29)28-20(30)13-7-5-4-6-8-13/h4-8,11-12,14-15,17,21H,3,9-10H2,1H3,(H,25,26,28,30)/t14-,15-,17-,21-/m1/s1. The molecule has 4 atom stereocenters. The van der Waals surface area contributed by atoms with Crippen molar-refractivity contribution in [3.63, 3.8) is 0 Å². The average molecular weight is 468 g/mol. The van der Waals surface area contributed by atoms with Crippen molar-refractivity contribution in [1.82, 2.24) is 19.5 Å². The molecule has 1 saturated heterocycles. The normalized spacial score (nSPS) is 21.7. The lowest BCUT2D eigenvalue weighted by atomic mass is 10.1. The zero-order chi connectivity index (χ0) is 24.1. The summed E-state index contributed by atoms with van der Waals surface area (Å²) in [4.78, 5) is 40.0. The molecule has 0 aliphatic carbocycles. The molecule has 0 saturated carbocycles. The lowest BCUT2D eigenvalue weighted by Gasteiger charge is -2.17. The van der Waals surface area contributed by atoms with Crippen LogP contribution in [0.1, 0.15) is 29.9 Å². The van der Waals surface area contributed by atoms with E-state index in [1.54, 1.807) is 37.3 Å². The van der Waals surface area contributed by atoms with Crippen LogP contribution in [-0.2, 0) is 14.2 Å². The van der Waals surface area contributed by atoms with Crippen LogP contribution in [0.4, 0.5) is 15.0 Å². The molecule has 0 radical (unpaired) electrons. The lowest BCUT2D eigenvalue weighted by Crippen LogP contribution is -2.34. The quantitative estimate of drug-likeness (QED) is 0.319. The summed E-state index contributed by atoms with van der Waals surface area (Å²) < 4.78 is 32.5. The number of aromatic nitrogens is 4. The van der Waals surface area contributed by atoms with Crippen LogP contribution in [0.2, 0.25) is 0 Å². The molecule has 1 aromatic carbocycles. The molecule has 2 aromatic heterocycles. The number of hydrogen-bond acceptors (Lipinski definition) is 8. The Balaban J connectivity index is 1.54. The van der Waals surface area contributed by atoms with Gasteiger partial charge in [-0.25, -0.2) is 30.7 Å². The summed E-state index contributed by atoms with van der Waals surface area (Å²) in [7, 11) is 0. The number of imidazole rings is 1. The Morgan fingerprint density at radius 1 is 1.26 bits per heavy atom. The maximum atomic E-state index is 15.4. The second-order valence-electron chi connectivity index (χ2n) is 7.35. The van der Waals surface area contributed by atoms with Gasteiger partial charge in [-0.2, -0.15) is 0 Å². The van der Waals surface area contributed by atoms with Gasteiger partial charge in [-0.1, -0.05) is 25.1 Å². The number of hydrogen-bond donors (Lipinski definition) is 1. The van der Waals surface area contributed by atoms with E-state index in [1.807, 2.05) is 0 Å². The van der Waals surface area contributed by atoms with Gasteiger partial charge >= 0.3 is 6.16 Å². The molecular formula is C22H21FN6O5. The second-order valence-corrected chi connectivity index (χ2v) is 7.35. The lowest BCUT2D eigenvalue weighted by molar-refractivity contribution is -0.0348. The SMILES string of the molecule is [C-]#[N+]CCOC(=O)O[C@H]1[C@@H](F)[C@H](n2cnc3c(NC(=O)c4ccccc4)ncnc32)O[C@@H]1CC. The number of alkyl halides is 1. The van der Waals surface area contributed by atoms with Gasteiger partial charge < -0.3 is 24.4 Å². The average Bonchev–Trinajstić information content (AvgIpc) is 3.41. The predicted molar refractivity (Wildman–Crippen MR) is 117 cm³/mol. The predicted octanol–water partition coefficient (Wildman–Crippen LogP) is 3.17. The van der Waals surface area contributed by atoms with Crippen LogP contribution in [0.5, 0.6) is 0 Å². The fraction of sp³-hybridized carbons (Fsp3) is 0.364. The molecule has 1 aliphatic heterocycles. The summed E-state index contributed by atoms with van der Waals surface area (Å²) in [6.45, 7) is 8.31. The Morgan fingerprint density at radius 3 is 2.79 bits per heavy atom. The topological polar surface area (TPSA) is 122 Å². The first kappa shape index (κ1) is 23.1. The highest BCUT2D eigenvalue weighted by Gasteiger charge is 2.48. The monoisotopic (exact) mass is 468 g/mol. The highest BCUT2D eigenvalue weighted by molar-refractivity contribution is 6.06. The van der Waals surface area contributed by atoms with E-state index in [9.17, 15) is 9.59 Å². The first-order valence-electron chi connectivity index (χ1n) is 10.5. The summed E-state index contributed by atoms with van der Waals surface area (Å²) in [5, 5.41) is 2.69. The fourth-order valence-electron chi connectivity index (χ4n) is 3.61. The van der Waals surface area contributed by atoms with Crippen molar-refractivity contribution in [1.29, 1.82) is 0 Å². The summed E-state index contributed by atoms with van der Waals surface area (Å²) in [5.74, 6) is -0.221. The van der Waals surface area contributed by atoms with Crippen LogP contribution in [0, 0.1) is 6.57 Å². The van der Waals surface area contributed by atoms with E-state index < -0.39 is 30.8 Å². The zero-order valence-corrected chi connectivity index (χ0v) is 18.1. The number of nitrogens with one attached hydrogen (secondary N) is 1. The van der Waals surface area contributed by atoms with Crippen LogP contribution >= 0.6 is 0 Å². The molecule has 12 heteroatoms. The molecule has 0 spiro atoms. The first-order valence-corrected chi connectivity index (χ1v) is 10.5. The van der Waals surface area contributed by atoms with Crippen molar-refractivity contribution in [2.45, 2.75) is 38.0 Å². The van der Waals surface area contributed by atoms with Crippen molar-refractivity contribution < 1.29 is 28.2 Å². The maximum Gasteiger partial charge on any atom is 0.509 e. The number of amides is 1. The minimum Gasteiger partial charge on any atom is -0.426 e. The van der Waals surface area contributed by atoms with Crippen LogP contribution in [0.15, 0.2) is 43.0 Å². The summed E-state index contributed by atoms with van der Waals surface area (Å²) >= 11 is 0. The van der Waals surface area contributed by atoms with Gasteiger partial charge in [-0.05, 0) is 18.6 Å². The van der Waals surface area contributed by atoms with E-state index in [2.05, 4.69) is 25.1 Å². The third kappa shape index (κ3) is 4.65. The van der Waals surface area contributed by atoms with Crippen LogP contribution < -0.4 is 5.32 Å². The smallest absolute Gasteiger partial charge is 0.426 e. The highest BCUT2D eigenvalue weighted by atomic mass is 19.1. The largest absolute Gasteiger partial charge is 0.509 e. The molecule has 1 fully saturated rings. The van der Waals surface area contributed by atoms with Gasteiger partial charge in [-0.15, -0.1) is 0 Å². The summed E-state index contributed by atoms with van der Waals surface area (Å²) in [6.07, 6.45) is -3.01. The van der Waals surface area contributed by atoms with Crippen molar-refractivity contribution >= 4 is 29.0 Å². The first-order chi connectivity index (χ1) is 16.5. The minimum atomic E-state index is -1.74. The molecule has 3 heterocycles. The Kier molecular flexibility index (Phi) is 6.93. The number of carbonyl (C=O) groups is 2. The molecule has 0 bridgehead atoms. The van der Waals surface area contributed by atoms with Crippen molar-refractivity contribution in [2.24, 2.45) is 0 Å². The summed E-state index contributed by atoms with van der Waals surface area (Å²) in [5.41, 5.74) is 0.922. The number of ether oxygens (including phenoxy) is 3. The van der Waals surface area contributed by atoms with Gasteiger partial charge in [0.2, 0.25) is 6.54 Å². The fourth-order valence-corrected chi connectivity index (χ4v) is 3.61. The second kappa shape index (κ2) is 10.2. The molecule has 34 heavy (non-hydrogen) atoms. The third-order valence-corrected chi connectivity index (χ3v) is 5.23. The van der Waals surface area contributed by atoms with Gasteiger partial charge in [0, 0.05) is 5.56 Å². The number of rotatable bonds is 7. The number of nitrogens with zero attached hydrogens (tertiary/aromatic N) is 5. The van der Waals surface area contributed by atoms with Gasteiger partial charge in [0.25, 0.3) is 5.91 Å². The number of fused-ring (bicyclic) bond motifs is 1. The Morgan fingerprint density at radius 2 is 2.06 bits per heavy atom. The summed E-state index contributed by atoms with van der Waals surface area (Å²) in [6, 6.07) is 8.58. The maximum absolute atomic E-state index is 15.4. The number of halogens is 1. The zero-order valence-electron chi connectivity index (χ0n) is 18.1. The molecule has 1 aliphatic rings. The van der Waals surface area contributed by atoms with Crippen LogP contribution in [0.25, 0.3) is 16.0 Å². The minimum absolute atomic E-state index is 0.0149. The third-order valence-electron chi connectivity index (χ3n) is 5.23. The van der Waals surface area contributed by atoms with E-state index in [4.69, 9.17) is 20.8 Å². The van der Waals surface area contributed by atoms with E-state index in [1.165, 1.54) is 17.2 Å². The number of carbonyl (C=O) groups excluding carboxylic acids is 2. The molecule has 11 nitrogen and oxygen atoms in total. The molecule has 1 N–H and O–H groups in total. The number of anilines is 1. The Labute approximate surface area is 193 Å². The van der Waals surface area contributed by atoms with Crippen LogP contribution in [0.3, 0.4) is 0 Å². The molecule has 176 valence electrons. The highest BCUT2D eigenvalue weighted by Crippen LogP contribution is 2.37. The van der Waals surface area contributed by atoms with E-state index in [-0.39, 0.29) is 36.0 Å². The number of benzene rings is 1. The van der Waals surface area contributed by atoms with Gasteiger partial charge in [0.05, 0.1) is 6.33 Å². The molecular weight excluding hydrogens is 447 g/mol. The molecule has 3 aromatic rings. The van der Waals surface area contributed by atoms with Crippen molar-refractivity contribution in [3.8, 4) is 0 Å². The van der Waals surface area contributed by atoms with Gasteiger partial charge in [-0.3, -0.25) is 9.36 Å². The van der Waals surface area contributed by atoms with Gasteiger partial charge in [0.15, 0.2) is 42.1 Å². The van der Waals surface area contributed by atoms with E-state index in [0.717, 1.165) is 0 Å².